The van der Waals surface area contributed by atoms with Gasteiger partial charge in [-0.3, -0.25) is 4.98 Å². The smallest absolute Gasteiger partial charge is 0.254 e. The average molecular weight is 484 g/mol. The van der Waals surface area contributed by atoms with Crippen LogP contribution < -0.4 is 0 Å². The largest absolute Gasteiger partial charge is 0.417 e. The number of alkyl halides is 3. The SMILES string of the molecule is O=S(=O)(c1ccccc1)n1c(Cc2c(Cl)[c]ccc2Cl)cc2ncc(C(F)(F)F)cc21. The molecule has 2 aromatic heterocycles. The Balaban J connectivity index is 2.01. The van der Waals surface area contributed by atoms with E-state index in [4.69, 9.17) is 23.2 Å². The van der Waals surface area contributed by atoms with Crippen LogP contribution >= 0.6 is 23.2 Å². The molecule has 4 rings (SSSR count). The van der Waals surface area contributed by atoms with Crippen LogP contribution in [-0.4, -0.2) is 17.4 Å². The van der Waals surface area contributed by atoms with Gasteiger partial charge < -0.3 is 0 Å². The van der Waals surface area contributed by atoms with Gasteiger partial charge in [-0.05, 0) is 35.9 Å². The number of pyridine rings is 1. The summed E-state index contributed by atoms with van der Waals surface area (Å²) in [5.41, 5.74) is -0.600. The van der Waals surface area contributed by atoms with Crippen LogP contribution in [0.3, 0.4) is 0 Å². The maximum Gasteiger partial charge on any atom is 0.417 e. The Morgan fingerprint density at radius 1 is 1.06 bits per heavy atom. The summed E-state index contributed by atoms with van der Waals surface area (Å²) in [6.07, 6.45) is -4.07. The van der Waals surface area contributed by atoms with Crippen molar-refractivity contribution < 1.29 is 21.6 Å². The van der Waals surface area contributed by atoms with Gasteiger partial charge in [0.1, 0.15) is 0 Å². The molecule has 0 aliphatic carbocycles. The second-order valence-electron chi connectivity index (χ2n) is 6.64. The highest BCUT2D eigenvalue weighted by molar-refractivity contribution is 7.90. The van der Waals surface area contributed by atoms with Crippen molar-refractivity contribution in [1.29, 1.82) is 0 Å². The lowest BCUT2D eigenvalue weighted by atomic mass is 10.1. The minimum atomic E-state index is -4.69. The molecule has 0 spiro atoms. The van der Waals surface area contributed by atoms with Crippen LogP contribution in [0, 0.1) is 6.07 Å². The molecule has 0 aliphatic rings. The van der Waals surface area contributed by atoms with E-state index in [0.29, 0.717) is 11.8 Å². The fourth-order valence-electron chi connectivity index (χ4n) is 3.19. The number of nitrogens with zero attached hydrogens (tertiary/aromatic N) is 2. The third-order valence-corrected chi connectivity index (χ3v) is 7.11. The molecule has 0 fully saturated rings. The summed E-state index contributed by atoms with van der Waals surface area (Å²) in [6.45, 7) is 0. The molecule has 0 aliphatic heterocycles. The first-order chi connectivity index (χ1) is 14.6. The van der Waals surface area contributed by atoms with Crippen LogP contribution in [0.25, 0.3) is 11.0 Å². The molecule has 0 saturated heterocycles. The second kappa shape index (κ2) is 7.85. The van der Waals surface area contributed by atoms with Gasteiger partial charge in [0.2, 0.25) is 0 Å². The predicted molar refractivity (Wildman–Crippen MR) is 112 cm³/mol. The molecule has 0 bridgehead atoms. The quantitative estimate of drug-likeness (QED) is 0.358. The zero-order chi connectivity index (χ0) is 22.4. The van der Waals surface area contributed by atoms with Crippen molar-refractivity contribution in [1.82, 2.24) is 8.96 Å². The van der Waals surface area contributed by atoms with Gasteiger partial charge >= 0.3 is 6.18 Å². The Kier molecular flexibility index (Phi) is 5.49. The van der Waals surface area contributed by atoms with E-state index >= 15 is 0 Å². The second-order valence-corrected chi connectivity index (χ2v) is 9.21. The molecule has 0 unspecified atom stereocenters. The van der Waals surface area contributed by atoms with Gasteiger partial charge in [0.05, 0.1) is 26.5 Å². The van der Waals surface area contributed by atoms with Crippen molar-refractivity contribution in [3.8, 4) is 0 Å². The van der Waals surface area contributed by atoms with Crippen LogP contribution in [-0.2, 0) is 22.6 Å². The Morgan fingerprint density at radius 3 is 2.42 bits per heavy atom. The number of aromatic nitrogens is 2. The highest BCUT2D eigenvalue weighted by atomic mass is 35.5. The summed E-state index contributed by atoms with van der Waals surface area (Å²) >= 11 is 12.4. The van der Waals surface area contributed by atoms with Gasteiger partial charge in [-0.15, -0.1) is 0 Å². The van der Waals surface area contributed by atoms with Gasteiger partial charge in [0, 0.05) is 29.4 Å². The molecule has 0 saturated carbocycles. The molecule has 10 heteroatoms. The van der Waals surface area contributed by atoms with Gasteiger partial charge in [-0.25, -0.2) is 12.4 Å². The van der Waals surface area contributed by atoms with Gasteiger partial charge in [0.25, 0.3) is 10.0 Å². The van der Waals surface area contributed by atoms with Crippen LogP contribution in [0.4, 0.5) is 13.2 Å². The van der Waals surface area contributed by atoms with Crippen molar-refractivity contribution >= 4 is 44.3 Å². The third kappa shape index (κ3) is 4.03. The first-order valence-electron chi connectivity index (χ1n) is 8.82. The number of rotatable bonds is 4. The Labute approximate surface area is 185 Å². The van der Waals surface area contributed by atoms with E-state index in [-0.39, 0.29) is 38.1 Å². The molecule has 31 heavy (non-hydrogen) atoms. The standard InChI is InChI=1S/C21H12Cl2F3N2O2S/c22-17-7-4-8-18(23)16(17)10-14-11-19-20(9-13(12-27-19)21(24,25)26)28(14)31(29,30)15-5-2-1-3-6-15/h1-7,9,11-12H,10H2. The number of benzene rings is 2. The Hall–Kier alpha value is -2.55. The zero-order valence-corrected chi connectivity index (χ0v) is 17.8. The van der Waals surface area contributed by atoms with Crippen molar-refractivity contribution in [3.63, 3.8) is 0 Å². The molecule has 0 atom stereocenters. The first-order valence-corrected chi connectivity index (χ1v) is 11.0. The highest BCUT2D eigenvalue weighted by Crippen LogP contribution is 2.34. The summed E-state index contributed by atoms with van der Waals surface area (Å²) in [7, 11) is -4.25. The topological polar surface area (TPSA) is 52.0 Å². The summed E-state index contributed by atoms with van der Waals surface area (Å²) in [6, 6.07) is 15.4. The molecule has 0 amide bonds. The van der Waals surface area contributed by atoms with E-state index in [9.17, 15) is 21.6 Å². The Bertz CT molecular complexity index is 1370. The molecule has 2 aromatic carbocycles. The van der Waals surface area contributed by atoms with Crippen molar-refractivity contribution in [2.45, 2.75) is 17.5 Å². The molecule has 4 nitrogen and oxygen atoms in total. The third-order valence-electron chi connectivity index (χ3n) is 4.64. The highest BCUT2D eigenvalue weighted by Gasteiger charge is 2.33. The molecule has 1 radical (unpaired) electrons. The van der Waals surface area contributed by atoms with E-state index < -0.39 is 21.8 Å². The van der Waals surface area contributed by atoms with Crippen LogP contribution in [0.2, 0.25) is 10.0 Å². The maximum atomic E-state index is 13.4. The lowest BCUT2D eigenvalue weighted by molar-refractivity contribution is -0.137. The molecule has 4 aromatic rings. The maximum absolute atomic E-state index is 13.4. The summed E-state index contributed by atoms with van der Waals surface area (Å²) in [5.74, 6) is 0. The normalized spacial score (nSPS) is 12.4. The van der Waals surface area contributed by atoms with Crippen LogP contribution in [0.5, 0.6) is 0 Å². The van der Waals surface area contributed by atoms with Crippen LogP contribution in [0.15, 0.2) is 65.7 Å². The van der Waals surface area contributed by atoms with Gasteiger partial charge in [-0.2, -0.15) is 13.2 Å². The monoisotopic (exact) mass is 483 g/mol. The molecular formula is C21H12Cl2F3N2O2S. The van der Waals surface area contributed by atoms with Gasteiger partial charge in [0.15, 0.2) is 0 Å². The lowest BCUT2D eigenvalue weighted by Gasteiger charge is -2.14. The average Bonchev–Trinajstić information content (AvgIpc) is 3.09. The van der Waals surface area contributed by atoms with Crippen LogP contribution in [0.1, 0.15) is 16.8 Å². The van der Waals surface area contributed by atoms with Crippen molar-refractivity contribution in [2.75, 3.05) is 0 Å². The fourth-order valence-corrected chi connectivity index (χ4v) is 5.24. The van der Waals surface area contributed by atoms with E-state index in [2.05, 4.69) is 11.1 Å². The zero-order valence-electron chi connectivity index (χ0n) is 15.5. The summed E-state index contributed by atoms with van der Waals surface area (Å²) in [4.78, 5) is 3.76. The van der Waals surface area contributed by atoms with Gasteiger partial charge in [-0.1, -0.05) is 47.5 Å². The van der Waals surface area contributed by atoms with E-state index in [1.54, 1.807) is 12.1 Å². The van der Waals surface area contributed by atoms with E-state index in [1.165, 1.54) is 36.4 Å². The van der Waals surface area contributed by atoms with Crippen molar-refractivity contribution in [3.05, 3.63) is 93.7 Å². The lowest BCUT2D eigenvalue weighted by Crippen LogP contribution is -2.16. The molecule has 2 heterocycles. The fraction of sp³-hybridized carbons (Fsp3) is 0.0952. The Morgan fingerprint density at radius 2 is 1.77 bits per heavy atom. The summed E-state index contributed by atoms with van der Waals surface area (Å²) in [5, 5.41) is 0.465. The van der Waals surface area contributed by atoms with E-state index in [0.717, 1.165) is 10.0 Å². The predicted octanol–water partition coefficient (Wildman–Crippen LogP) is 5.99. The number of halogens is 5. The number of fused-ring (bicyclic) bond motifs is 1. The van der Waals surface area contributed by atoms with E-state index in [1.807, 2.05) is 0 Å². The summed E-state index contributed by atoms with van der Waals surface area (Å²) < 4.78 is 67.6. The molecule has 0 N–H and O–H groups in total. The molecular weight excluding hydrogens is 472 g/mol. The number of hydrogen-bond acceptors (Lipinski definition) is 3. The first kappa shape index (κ1) is 21.7. The van der Waals surface area contributed by atoms with Crippen molar-refractivity contribution in [2.24, 2.45) is 0 Å². The minimum Gasteiger partial charge on any atom is -0.254 e. The minimum absolute atomic E-state index is 0.0568. The number of hydrogen-bond donors (Lipinski definition) is 0. The molecule has 159 valence electrons.